The standard InChI is InChI=1S/C35H37N9O4/c1-6-44-32(25-8-7-9-27(25)41-44)34-40-39-33(43(34)20-21-10-13-23(46-3)14-11-21)31-26-19-37-42(2)29(26)17-28(38-31)35(45)36-18-22-12-15-24(47-4)16-30(22)48-5/h10-17,19H,6-9,18,20H2,1-5H3,(H,36,45). The molecule has 0 saturated carbocycles. The zero-order valence-electron chi connectivity index (χ0n) is 27.6. The van der Waals surface area contributed by atoms with Crippen LogP contribution in [0.5, 0.6) is 17.2 Å². The Balaban J connectivity index is 1.33. The lowest BCUT2D eigenvalue weighted by Gasteiger charge is -2.14. The van der Waals surface area contributed by atoms with Crippen LogP contribution in [0.4, 0.5) is 0 Å². The molecule has 0 atom stereocenters. The molecule has 13 heteroatoms. The molecule has 13 nitrogen and oxygen atoms in total. The van der Waals surface area contributed by atoms with Crippen LogP contribution in [0, 0.1) is 0 Å². The molecule has 246 valence electrons. The van der Waals surface area contributed by atoms with Crippen LogP contribution in [0.1, 0.15) is 46.2 Å². The molecule has 0 radical (unpaired) electrons. The number of aromatic nitrogens is 8. The minimum absolute atomic E-state index is 0.230. The van der Waals surface area contributed by atoms with E-state index in [0.29, 0.717) is 41.9 Å². The normalized spacial score (nSPS) is 12.4. The van der Waals surface area contributed by atoms with E-state index in [1.54, 1.807) is 44.3 Å². The number of carbonyl (C=O) groups excluding carboxylic acids is 1. The third-order valence-electron chi connectivity index (χ3n) is 8.86. The first-order valence-corrected chi connectivity index (χ1v) is 15.9. The van der Waals surface area contributed by atoms with Crippen molar-refractivity contribution >= 4 is 16.8 Å². The number of fused-ring (bicyclic) bond motifs is 2. The number of benzene rings is 2. The van der Waals surface area contributed by atoms with Crippen LogP contribution >= 0.6 is 0 Å². The summed E-state index contributed by atoms with van der Waals surface area (Å²) in [5.41, 5.74) is 6.63. The smallest absolute Gasteiger partial charge is 0.270 e. The first kappa shape index (κ1) is 30.9. The van der Waals surface area contributed by atoms with Gasteiger partial charge in [-0.05, 0) is 62.1 Å². The maximum absolute atomic E-state index is 13.7. The fourth-order valence-corrected chi connectivity index (χ4v) is 6.33. The van der Waals surface area contributed by atoms with Gasteiger partial charge in [0.05, 0.1) is 45.3 Å². The molecule has 1 aliphatic rings. The lowest BCUT2D eigenvalue weighted by Crippen LogP contribution is -2.24. The molecule has 2 aromatic carbocycles. The van der Waals surface area contributed by atoms with Crippen molar-refractivity contribution < 1.29 is 19.0 Å². The maximum atomic E-state index is 13.7. The van der Waals surface area contributed by atoms with E-state index in [0.717, 1.165) is 58.4 Å². The number of amides is 1. The number of pyridine rings is 1. The summed E-state index contributed by atoms with van der Waals surface area (Å²) >= 11 is 0. The van der Waals surface area contributed by atoms with Crippen molar-refractivity contribution in [2.45, 2.75) is 45.8 Å². The molecule has 6 aromatic rings. The highest BCUT2D eigenvalue weighted by molar-refractivity contribution is 5.99. The number of nitrogens with zero attached hydrogens (tertiary/aromatic N) is 8. The Labute approximate surface area is 277 Å². The summed E-state index contributed by atoms with van der Waals surface area (Å²) in [4.78, 5) is 18.6. The molecule has 0 fully saturated rings. The lowest BCUT2D eigenvalue weighted by molar-refractivity contribution is 0.0946. The van der Waals surface area contributed by atoms with Crippen molar-refractivity contribution in [3.05, 3.63) is 82.8 Å². The minimum atomic E-state index is -0.347. The van der Waals surface area contributed by atoms with Gasteiger partial charge in [-0.15, -0.1) is 10.2 Å². The Morgan fingerprint density at radius 2 is 1.71 bits per heavy atom. The summed E-state index contributed by atoms with van der Waals surface area (Å²) in [7, 11) is 6.67. The number of methoxy groups -OCH3 is 3. The van der Waals surface area contributed by atoms with Crippen LogP contribution in [-0.2, 0) is 39.5 Å². The Morgan fingerprint density at radius 3 is 2.46 bits per heavy atom. The quantitative estimate of drug-likeness (QED) is 0.214. The minimum Gasteiger partial charge on any atom is -0.497 e. The van der Waals surface area contributed by atoms with Crippen molar-refractivity contribution in [1.82, 2.24) is 44.6 Å². The van der Waals surface area contributed by atoms with Gasteiger partial charge in [-0.2, -0.15) is 10.2 Å². The summed E-state index contributed by atoms with van der Waals surface area (Å²) in [6.45, 7) is 3.48. The van der Waals surface area contributed by atoms with E-state index in [9.17, 15) is 4.79 Å². The zero-order chi connectivity index (χ0) is 33.4. The molecule has 1 amide bonds. The highest BCUT2D eigenvalue weighted by Gasteiger charge is 2.29. The van der Waals surface area contributed by atoms with Crippen molar-refractivity contribution in [1.29, 1.82) is 0 Å². The van der Waals surface area contributed by atoms with Gasteiger partial charge in [0.15, 0.2) is 11.6 Å². The van der Waals surface area contributed by atoms with Gasteiger partial charge >= 0.3 is 0 Å². The molecule has 0 spiro atoms. The summed E-state index contributed by atoms with van der Waals surface area (Å²) in [5, 5.41) is 22.7. The molecular formula is C35H37N9O4. The summed E-state index contributed by atoms with van der Waals surface area (Å²) in [6, 6.07) is 15.2. The number of hydrogen-bond acceptors (Lipinski definition) is 9. The fraction of sp³-hybridized carbons (Fsp3) is 0.314. The molecule has 0 aliphatic heterocycles. The van der Waals surface area contributed by atoms with E-state index in [4.69, 9.17) is 34.5 Å². The van der Waals surface area contributed by atoms with E-state index < -0.39 is 0 Å². The van der Waals surface area contributed by atoms with Gasteiger partial charge in [0, 0.05) is 42.7 Å². The third-order valence-corrected chi connectivity index (χ3v) is 8.86. The van der Waals surface area contributed by atoms with E-state index in [2.05, 4.69) is 21.9 Å². The van der Waals surface area contributed by atoms with Crippen LogP contribution in [0.25, 0.3) is 33.9 Å². The van der Waals surface area contributed by atoms with Crippen molar-refractivity contribution in [3.8, 4) is 40.3 Å². The number of nitrogens with one attached hydrogen (secondary N) is 1. The molecule has 1 N–H and O–H groups in total. The summed E-state index contributed by atoms with van der Waals surface area (Å²) in [5.74, 6) is 2.94. The van der Waals surface area contributed by atoms with Crippen molar-refractivity contribution in [2.24, 2.45) is 7.05 Å². The second-order valence-electron chi connectivity index (χ2n) is 11.6. The fourth-order valence-electron chi connectivity index (χ4n) is 6.33. The molecule has 7 rings (SSSR count). The van der Waals surface area contributed by atoms with E-state index in [-0.39, 0.29) is 18.1 Å². The number of hydrogen-bond donors (Lipinski definition) is 1. The summed E-state index contributed by atoms with van der Waals surface area (Å²) < 4.78 is 22.1. The Hall–Kier alpha value is -5.72. The SMILES string of the molecule is CCn1nc2c(c1-c1nnc(-c3nc(C(=O)NCc4ccc(OC)cc4OC)cc4c3cnn4C)n1Cc1ccc(OC)cc1)CCC2. The Morgan fingerprint density at radius 1 is 0.938 bits per heavy atom. The van der Waals surface area contributed by atoms with Crippen molar-refractivity contribution in [3.63, 3.8) is 0 Å². The van der Waals surface area contributed by atoms with Gasteiger partial charge < -0.3 is 19.5 Å². The highest BCUT2D eigenvalue weighted by atomic mass is 16.5. The first-order chi connectivity index (χ1) is 23.4. The molecule has 4 aromatic heterocycles. The van der Waals surface area contributed by atoms with Gasteiger partial charge in [-0.1, -0.05) is 12.1 Å². The average molecular weight is 648 g/mol. The first-order valence-electron chi connectivity index (χ1n) is 15.9. The number of aryl methyl sites for hydroxylation is 3. The van der Waals surface area contributed by atoms with Gasteiger partial charge in [-0.3, -0.25) is 18.7 Å². The number of rotatable bonds is 11. The monoisotopic (exact) mass is 647 g/mol. The molecule has 4 heterocycles. The Kier molecular flexibility index (Phi) is 8.26. The Bertz CT molecular complexity index is 2130. The van der Waals surface area contributed by atoms with E-state index in [1.165, 1.54) is 5.56 Å². The molecular weight excluding hydrogens is 610 g/mol. The zero-order valence-corrected chi connectivity index (χ0v) is 27.6. The predicted molar refractivity (Wildman–Crippen MR) is 179 cm³/mol. The molecule has 1 aliphatic carbocycles. The van der Waals surface area contributed by atoms with Crippen LogP contribution in [0.15, 0.2) is 54.7 Å². The largest absolute Gasteiger partial charge is 0.497 e. The van der Waals surface area contributed by atoms with Crippen LogP contribution in [-0.4, -0.2) is 66.5 Å². The van der Waals surface area contributed by atoms with E-state index in [1.807, 2.05) is 48.1 Å². The highest BCUT2D eigenvalue weighted by Crippen LogP contribution is 2.35. The topological polar surface area (TPSA) is 136 Å². The third kappa shape index (κ3) is 5.50. The van der Waals surface area contributed by atoms with Gasteiger partial charge in [0.2, 0.25) is 0 Å². The van der Waals surface area contributed by atoms with Gasteiger partial charge in [-0.25, -0.2) is 4.98 Å². The second kappa shape index (κ2) is 12.8. The lowest BCUT2D eigenvalue weighted by atomic mass is 10.1. The van der Waals surface area contributed by atoms with Crippen LogP contribution in [0.3, 0.4) is 0 Å². The van der Waals surface area contributed by atoms with Crippen LogP contribution in [0.2, 0.25) is 0 Å². The maximum Gasteiger partial charge on any atom is 0.270 e. The van der Waals surface area contributed by atoms with Gasteiger partial charge in [0.25, 0.3) is 5.91 Å². The van der Waals surface area contributed by atoms with Crippen molar-refractivity contribution in [2.75, 3.05) is 21.3 Å². The van der Waals surface area contributed by atoms with Crippen LogP contribution < -0.4 is 19.5 Å². The van der Waals surface area contributed by atoms with Gasteiger partial charge in [0.1, 0.15) is 34.3 Å². The molecule has 48 heavy (non-hydrogen) atoms. The van der Waals surface area contributed by atoms with E-state index >= 15 is 0 Å². The molecule has 0 bridgehead atoms. The number of ether oxygens (including phenoxy) is 3. The summed E-state index contributed by atoms with van der Waals surface area (Å²) in [6.07, 6.45) is 4.70. The predicted octanol–water partition coefficient (Wildman–Crippen LogP) is 4.60. The number of carbonyl (C=O) groups is 1. The molecule has 0 unspecified atom stereocenters. The second-order valence-corrected chi connectivity index (χ2v) is 11.6. The molecule has 0 saturated heterocycles. The average Bonchev–Trinajstić information content (AvgIpc) is 3.91.